The van der Waals surface area contributed by atoms with E-state index in [9.17, 15) is 13.6 Å². The zero-order valence-corrected chi connectivity index (χ0v) is 17.3. The third-order valence-electron chi connectivity index (χ3n) is 7.65. The van der Waals surface area contributed by atoms with Crippen molar-refractivity contribution >= 4 is 5.91 Å². The van der Waals surface area contributed by atoms with Gasteiger partial charge in [0.25, 0.3) is 0 Å². The van der Waals surface area contributed by atoms with E-state index in [0.717, 1.165) is 44.6 Å². The highest BCUT2D eigenvalue weighted by molar-refractivity contribution is 5.80. The molecule has 4 aliphatic rings. The maximum Gasteiger partial charge on any atom is 0.387 e. The second-order valence-electron chi connectivity index (χ2n) is 9.55. The number of carbonyl (C=O) groups is 1. The first-order valence-electron chi connectivity index (χ1n) is 11.2. The molecule has 1 saturated carbocycles. The van der Waals surface area contributed by atoms with Crippen LogP contribution in [0.4, 0.5) is 8.78 Å². The van der Waals surface area contributed by atoms with Crippen LogP contribution < -0.4 is 4.74 Å². The molecule has 1 amide bonds. The molecule has 3 saturated heterocycles. The molecule has 1 aromatic carbocycles. The van der Waals surface area contributed by atoms with Crippen LogP contribution in [0.1, 0.15) is 43.6 Å². The summed E-state index contributed by atoms with van der Waals surface area (Å²) in [7, 11) is 0. The van der Waals surface area contributed by atoms with Crippen LogP contribution in [0.5, 0.6) is 5.75 Å². The normalized spacial score (nSPS) is 27.3. The summed E-state index contributed by atoms with van der Waals surface area (Å²) < 4.78 is 35.4. The van der Waals surface area contributed by atoms with Crippen molar-refractivity contribution in [3.63, 3.8) is 0 Å². The number of hydrogen-bond acceptors (Lipinski definition) is 4. The number of benzene rings is 1. The van der Waals surface area contributed by atoms with Gasteiger partial charge in [-0.1, -0.05) is 18.2 Å². The first-order valence-corrected chi connectivity index (χ1v) is 11.2. The number of likely N-dealkylation sites (tertiary alicyclic amines) is 2. The van der Waals surface area contributed by atoms with Gasteiger partial charge in [-0.15, -0.1) is 0 Å². The Bertz CT molecular complexity index is 771. The second-order valence-corrected chi connectivity index (χ2v) is 9.55. The molecule has 0 N–H and O–H groups in total. The summed E-state index contributed by atoms with van der Waals surface area (Å²) in [6.07, 6.45) is 5.52. The third-order valence-corrected chi connectivity index (χ3v) is 7.65. The van der Waals surface area contributed by atoms with Gasteiger partial charge >= 0.3 is 6.61 Å². The van der Waals surface area contributed by atoms with Crippen LogP contribution in [0, 0.1) is 11.3 Å². The van der Waals surface area contributed by atoms with Crippen LogP contribution in [0.2, 0.25) is 0 Å². The average Bonchev–Trinajstić information content (AvgIpc) is 3.11. The van der Waals surface area contributed by atoms with Gasteiger partial charge in [0.1, 0.15) is 5.75 Å². The molecule has 1 aliphatic carbocycles. The lowest BCUT2D eigenvalue weighted by Gasteiger charge is -2.50. The molecule has 0 aromatic heterocycles. The highest BCUT2D eigenvalue weighted by atomic mass is 19.3. The lowest BCUT2D eigenvalue weighted by molar-refractivity contribution is -0.161. The lowest BCUT2D eigenvalue weighted by atomic mass is 9.77. The predicted molar refractivity (Wildman–Crippen MR) is 108 cm³/mol. The third kappa shape index (κ3) is 3.82. The molecule has 1 atom stereocenters. The monoisotopic (exact) mass is 420 g/mol. The minimum atomic E-state index is -2.79. The molecule has 164 valence electrons. The molecule has 0 bridgehead atoms. The van der Waals surface area contributed by atoms with Crippen LogP contribution in [0.25, 0.3) is 0 Å². The van der Waals surface area contributed by atoms with Gasteiger partial charge in [-0.05, 0) is 62.7 Å². The Morgan fingerprint density at radius 1 is 1.13 bits per heavy atom. The maximum atomic E-state index is 12.7. The van der Waals surface area contributed by atoms with Crippen LogP contribution >= 0.6 is 0 Å². The van der Waals surface area contributed by atoms with Gasteiger partial charge in [-0.25, -0.2) is 0 Å². The van der Waals surface area contributed by atoms with Crippen molar-refractivity contribution in [2.24, 2.45) is 11.3 Å². The molecule has 3 heterocycles. The van der Waals surface area contributed by atoms with Crippen molar-refractivity contribution in [2.75, 3.05) is 39.4 Å². The Kier molecular flexibility index (Phi) is 5.44. The Labute approximate surface area is 176 Å². The van der Waals surface area contributed by atoms with Crippen molar-refractivity contribution in [1.29, 1.82) is 0 Å². The molecule has 30 heavy (non-hydrogen) atoms. The summed E-state index contributed by atoms with van der Waals surface area (Å²) in [6, 6.07) is 7.81. The smallest absolute Gasteiger partial charge is 0.387 e. The van der Waals surface area contributed by atoms with Crippen molar-refractivity contribution in [3.8, 4) is 5.75 Å². The molecule has 5 rings (SSSR count). The van der Waals surface area contributed by atoms with Crippen LogP contribution in [0.3, 0.4) is 0 Å². The number of amides is 1. The van der Waals surface area contributed by atoms with Gasteiger partial charge < -0.3 is 19.3 Å². The Morgan fingerprint density at radius 2 is 1.87 bits per heavy atom. The Morgan fingerprint density at radius 3 is 2.53 bits per heavy atom. The van der Waals surface area contributed by atoms with E-state index in [1.165, 1.54) is 19.3 Å². The molecule has 7 heteroatoms. The minimum absolute atomic E-state index is 0.0931. The number of ether oxygens (including phenoxy) is 2. The maximum absolute atomic E-state index is 12.7. The Hall–Kier alpha value is -1.73. The van der Waals surface area contributed by atoms with E-state index in [1.54, 1.807) is 12.1 Å². The summed E-state index contributed by atoms with van der Waals surface area (Å²) in [6.45, 7) is 2.21. The van der Waals surface area contributed by atoms with E-state index < -0.39 is 6.61 Å². The standard InChI is InChI=1S/C23H30F2N2O3/c24-22(25)30-20-4-2-1-3-19(20)16-6-9-26(10-7-16)18-5-8-23(11-18)14-27(15-23)21(28)17-12-29-13-17/h1-4,16-18,22H,5-15H2. The van der Waals surface area contributed by atoms with Gasteiger partial charge in [-0.3, -0.25) is 4.79 Å². The van der Waals surface area contributed by atoms with Crippen molar-refractivity contribution < 1.29 is 23.0 Å². The number of piperidine rings is 1. The molecular formula is C23H30F2N2O3. The largest absolute Gasteiger partial charge is 0.435 e. The van der Waals surface area contributed by atoms with Crippen LogP contribution in [-0.2, 0) is 9.53 Å². The van der Waals surface area contributed by atoms with E-state index in [4.69, 9.17) is 9.47 Å². The summed E-state index contributed by atoms with van der Waals surface area (Å²) in [4.78, 5) is 17.0. The zero-order valence-electron chi connectivity index (χ0n) is 17.3. The van der Waals surface area contributed by atoms with Gasteiger partial charge in [0, 0.05) is 24.5 Å². The molecule has 1 aromatic rings. The van der Waals surface area contributed by atoms with Crippen molar-refractivity contribution in [3.05, 3.63) is 29.8 Å². The number of alkyl halides is 2. The highest BCUT2D eigenvalue weighted by Crippen LogP contribution is 2.48. The molecular weight excluding hydrogens is 390 g/mol. The van der Waals surface area contributed by atoms with E-state index in [2.05, 4.69) is 4.90 Å². The first-order chi connectivity index (χ1) is 14.5. The second kappa shape index (κ2) is 8.08. The van der Waals surface area contributed by atoms with Gasteiger partial charge in [0.2, 0.25) is 5.91 Å². The number of hydrogen-bond donors (Lipinski definition) is 0. The number of carbonyl (C=O) groups excluding carboxylic acids is 1. The molecule has 1 spiro atoms. The zero-order chi connectivity index (χ0) is 20.7. The fraction of sp³-hybridized carbons (Fsp3) is 0.696. The Balaban J connectivity index is 1.13. The summed E-state index contributed by atoms with van der Waals surface area (Å²) >= 11 is 0. The number of nitrogens with zero attached hydrogens (tertiary/aromatic N) is 2. The van der Waals surface area contributed by atoms with E-state index in [1.807, 2.05) is 17.0 Å². The van der Waals surface area contributed by atoms with Gasteiger partial charge in [-0.2, -0.15) is 8.78 Å². The van der Waals surface area contributed by atoms with E-state index in [-0.39, 0.29) is 17.7 Å². The lowest BCUT2D eigenvalue weighted by Crippen LogP contribution is -2.61. The van der Waals surface area contributed by atoms with E-state index >= 15 is 0 Å². The highest BCUT2D eigenvalue weighted by Gasteiger charge is 2.52. The molecule has 4 fully saturated rings. The quantitative estimate of drug-likeness (QED) is 0.731. The average molecular weight is 421 g/mol. The summed E-state index contributed by atoms with van der Waals surface area (Å²) in [5, 5.41) is 0. The first kappa shape index (κ1) is 20.2. The summed E-state index contributed by atoms with van der Waals surface area (Å²) in [5.74, 6) is 0.964. The molecule has 3 aliphatic heterocycles. The minimum Gasteiger partial charge on any atom is -0.435 e. The van der Waals surface area contributed by atoms with Crippen LogP contribution in [-0.4, -0.2) is 67.8 Å². The SMILES string of the molecule is O=C(C1COC1)N1CC2(CCC(N3CCC(c4ccccc4OC(F)F)CC3)C2)C1. The molecule has 0 radical (unpaired) electrons. The predicted octanol–water partition coefficient (Wildman–Crippen LogP) is 3.49. The fourth-order valence-electron chi connectivity index (χ4n) is 5.93. The van der Waals surface area contributed by atoms with Gasteiger partial charge in [0.05, 0.1) is 19.1 Å². The van der Waals surface area contributed by atoms with Crippen molar-refractivity contribution in [1.82, 2.24) is 9.80 Å². The molecule has 5 nitrogen and oxygen atoms in total. The topological polar surface area (TPSA) is 42.0 Å². The molecule has 1 unspecified atom stereocenters. The number of halogens is 2. The number of para-hydroxylation sites is 1. The fourth-order valence-corrected chi connectivity index (χ4v) is 5.93. The summed E-state index contributed by atoms with van der Waals surface area (Å²) in [5.41, 5.74) is 1.23. The number of rotatable bonds is 5. The van der Waals surface area contributed by atoms with Gasteiger partial charge in [0.15, 0.2) is 0 Å². The van der Waals surface area contributed by atoms with E-state index in [0.29, 0.717) is 30.4 Å². The van der Waals surface area contributed by atoms with Crippen LogP contribution in [0.15, 0.2) is 24.3 Å². The van der Waals surface area contributed by atoms with Crippen molar-refractivity contribution in [2.45, 2.75) is 50.7 Å².